The van der Waals surface area contributed by atoms with Crippen molar-refractivity contribution in [2.24, 2.45) is 0 Å². The molecule has 100 valence electrons. The van der Waals surface area contributed by atoms with E-state index in [0.717, 1.165) is 12.2 Å². The Morgan fingerprint density at radius 3 is 2.56 bits per heavy atom. The Kier molecular flexibility index (Phi) is 8.10. The minimum absolute atomic E-state index is 0.101. The first-order chi connectivity index (χ1) is 8.54. The minimum Gasteiger partial charge on any atom is -0.508 e. The van der Waals surface area contributed by atoms with E-state index in [2.05, 4.69) is 6.58 Å². The third-order valence-electron chi connectivity index (χ3n) is 2.17. The molecule has 4 nitrogen and oxygen atoms in total. The van der Waals surface area contributed by atoms with Gasteiger partial charge in [0.15, 0.2) is 0 Å². The summed E-state index contributed by atoms with van der Waals surface area (Å²) >= 11 is 0. The number of phenols is 1. The second kappa shape index (κ2) is 9.10. The van der Waals surface area contributed by atoms with Gasteiger partial charge in [-0.2, -0.15) is 0 Å². The van der Waals surface area contributed by atoms with Crippen LogP contribution in [0, 0.1) is 0 Å². The molecule has 0 amide bonds. The van der Waals surface area contributed by atoms with Crippen molar-refractivity contribution in [3.8, 4) is 5.75 Å². The Hall–Kier alpha value is -1.97. The fourth-order valence-electron chi connectivity index (χ4n) is 1.39. The molecule has 0 heterocycles. The van der Waals surface area contributed by atoms with Crippen molar-refractivity contribution in [1.29, 1.82) is 0 Å². The quantitative estimate of drug-likeness (QED) is 0.790. The zero-order chi connectivity index (χ0) is 14.0. The van der Waals surface area contributed by atoms with Gasteiger partial charge in [0.1, 0.15) is 5.75 Å². The van der Waals surface area contributed by atoms with Gasteiger partial charge in [-0.1, -0.05) is 12.1 Å². The summed E-state index contributed by atoms with van der Waals surface area (Å²) in [6.07, 6.45) is 1.85. The van der Waals surface area contributed by atoms with Crippen molar-refractivity contribution < 1.29 is 15.0 Å². The van der Waals surface area contributed by atoms with Crippen molar-refractivity contribution in [3.05, 3.63) is 36.9 Å². The summed E-state index contributed by atoms with van der Waals surface area (Å²) in [5.41, 5.74) is 0.846. The molecule has 1 rings (SSSR count). The van der Waals surface area contributed by atoms with Crippen molar-refractivity contribution in [1.82, 2.24) is 0 Å². The lowest BCUT2D eigenvalue weighted by atomic mass is 10.2. The SMILES string of the molecule is C=CC.CCN(CCC(=O)O)c1cccc(O)c1. The van der Waals surface area contributed by atoms with Crippen LogP contribution in [0.2, 0.25) is 0 Å². The molecule has 0 saturated carbocycles. The van der Waals surface area contributed by atoms with Gasteiger partial charge in [0.2, 0.25) is 0 Å². The lowest BCUT2D eigenvalue weighted by Gasteiger charge is -2.22. The molecule has 0 spiro atoms. The first-order valence-corrected chi connectivity index (χ1v) is 5.88. The van der Waals surface area contributed by atoms with Crippen LogP contribution in [0.15, 0.2) is 36.9 Å². The largest absolute Gasteiger partial charge is 0.508 e. The van der Waals surface area contributed by atoms with Gasteiger partial charge >= 0.3 is 5.97 Å². The number of nitrogens with zero attached hydrogens (tertiary/aromatic N) is 1. The molecule has 0 aromatic heterocycles. The normalized spacial score (nSPS) is 9.00. The number of benzene rings is 1. The van der Waals surface area contributed by atoms with Gasteiger partial charge in [-0.3, -0.25) is 4.79 Å². The molecule has 0 aliphatic heterocycles. The number of carbonyl (C=O) groups is 1. The van der Waals surface area contributed by atoms with E-state index >= 15 is 0 Å². The number of hydrogen-bond acceptors (Lipinski definition) is 3. The lowest BCUT2D eigenvalue weighted by Crippen LogP contribution is -2.25. The summed E-state index contributed by atoms with van der Waals surface area (Å²) < 4.78 is 0. The maximum atomic E-state index is 10.4. The van der Waals surface area contributed by atoms with Crippen molar-refractivity contribution >= 4 is 11.7 Å². The second-order valence-electron chi connectivity index (χ2n) is 3.65. The van der Waals surface area contributed by atoms with E-state index in [9.17, 15) is 9.90 Å². The maximum Gasteiger partial charge on any atom is 0.305 e. The summed E-state index contributed by atoms with van der Waals surface area (Å²) in [4.78, 5) is 12.4. The smallest absolute Gasteiger partial charge is 0.305 e. The summed E-state index contributed by atoms with van der Waals surface area (Å²) in [5.74, 6) is -0.616. The molecule has 0 fully saturated rings. The highest BCUT2D eigenvalue weighted by Crippen LogP contribution is 2.19. The Morgan fingerprint density at radius 1 is 1.50 bits per heavy atom. The van der Waals surface area contributed by atoms with Crippen LogP contribution in [-0.2, 0) is 4.79 Å². The third kappa shape index (κ3) is 6.58. The Bertz CT molecular complexity index is 377. The van der Waals surface area contributed by atoms with Crippen LogP contribution in [0.5, 0.6) is 5.75 Å². The number of hydrogen-bond donors (Lipinski definition) is 2. The van der Waals surface area contributed by atoms with Crippen LogP contribution < -0.4 is 4.90 Å². The summed E-state index contributed by atoms with van der Waals surface area (Å²) in [7, 11) is 0. The molecule has 0 aliphatic rings. The average molecular weight is 251 g/mol. The Labute approximate surface area is 108 Å². The Morgan fingerprint density at radius 2 is 2.11 bits per heavy atom. The van der Waals surface area contributed by atoms with Crippen LogP contribution >= 0.6 is 0 Å². The molecule has 2 N–H and O–H groups in total. The number of rotatable bonds is 5. The maximum absolute atomic E-state index is 10.4. The number of aromatic hydroxyl groups is 1. The van der Waals surface area contributed by atoms with E-state index < -0.39 is 5.97 Å². The van der Waals surface area contributed by atoms with Gasteiger partial charge in [0.05, 0.1) is 6.42 Å². The number of anilines is 1. The number of allylic oxidation sites excluding steroid dienone is 1. The van der Waals surface area contributed by atoms with Crippen LogP contribution in [0.3, 0.4) is 0 Å². The molecule has 0 saturated heterocycles. The molecule has 0 atom stereocenters. The van der Waals surface area contributed by atoms with Crippen molar-refractivity contribution in [3.63, 3.8) is 0 Å². The van der Waals surface area contributed by atoms with Gasteiger partial charge in [-0.05, 0) is 26.0 Å². The third-order valence-corrected chi connectivity index (χ3v) is 2.17. The van der Waals surface area contributed by atoms with E-state index in [1.807, 2.05) is 24.8 Å². The van der Waals surface area contributed by atoms with E-state index in [4.69, 9.17) is 5.11 Å². The zero-order valence-corrected chi connectivity index (χ0v) is 11.0. The molecule has 4 heteroatoms. The van der Waals surface area contributed by atoms with Gasteiger partial charge in [0.25, 0.3) is 0 Å². The molecule has 0 bridgehead atoms. The highest BCUT2D eigenvalue weighted by atomic mass is 16.4. The summed E-state index contributed by atoms with van der Waals surface area (Å²) in [6.45, 7) is 8.37. The Balaban J connectivity index is 0.000000873. The second-order valence-corrected chi connectivity index (χ2v) is 3.65. The van der Waals surface area contributed by atoms with Crippen LogP contribution in [-0.4, -0.2) is 29.3 Å². The molecule has 1 aromatic carbocycles. The van der Waals surface area contributed by atoms with Gasteiger partial charge < -0.3 is 15.1 Å². The molecular weight excluding hydrogens is 230 g/mol. The van der Waals surface area contributed by atoms with E-state index in [1.54, 1.807) is 24.3 Å². The van der Waals surface area contributed by atoms with Crippen LogP contribution in [0.1, 0.15) is 20.3 Å². The molecule has 1 aromatic rings. The standard InChI is InChI=1S/C11H15NO3.C3H6/c1-2-12(7-6-11(14)15)9-4-3-5-10(13)8-9;1-3-2/h3-5,8,13H,2,6-7H2,1H3,(H,14,15);3H,1H2,2H3. The first kappa shape index (κ1) is 16.0. The predicted molar refractivity (Wildman–Crippen MR) is 74.1 cm³/mol. The molecule has 0 aliphatic carbocycles. The highest BCUT2D eigenvalue weighted by Gasteiger charge is 2.06. The fourth-order valence-corrected chi connectivity index (χ4v) is 1.39. The predicted octanol–water partition coefficient (Wildman–Crippen LogP) is 2.89. The van der Waals surface area contributed by atoms with E-state index in [1.165, 1.54) is 0 Å². The number of carboxylic acids is 1. The molecule has 18 heavy (non-hydrogen) atoms. The summed E-state index contributed by atoms with van der Waals surface area (Å²) in [6, 6.07) is 6.82. The highest BCUT2D eigenvalue weighted by molar-refractivity contribution is 5.67. The topological polar surface area (TPSA) is 60.8 Å². The van der Waals surface area contributed by atoms with Crippen molar-refractivity contribution in [2.45, 2.75) is 20.3 Å². The van der Waals surface area contributed by atoms with Crippen LogP contribution in [0.25, 0.3) is 0 Å². The lowest BCUT2D eigenvalue weighted by molar-refractivity contribution is -0.136. The molecular formula is C14H21NO3. The average Bonchev–Trinajstić information content (AvgIpc) is 2.30. The minimum atomic E-state index is -0.811. The monoisotopic (exact) mass is 251 g/mol. The molecule has 0 radical (unpaired) electrons. The van der Waals surface area contributed by atoms with Gasteiger partial charge in [-0.15, -0.1) is 6.58 Å². The summed E-state index contributed by atoms with van der Waals surface area (Å²) in [5, 5.41) is 17.9. The van der Waals surface area contributed by atoms with Crippen LogP contribution in [0.4, 0.5) is 5.69 Å². The van der Waals surface area contributed by atoms with Gasteiger partial charge in [0, 0.05) is 24.8 Å². The fraction of sp³-hybridized carbons (Fsp3) is 0.357. The first-order valence-electron chi connectivity index (χ1n) is 5.88. The van der Waals surface area contributed by atoms with E-state index in [-0.39, 0.29) is 12.2 Å². The van der Waals surface area contributed by atoms with Gasteiger partial charge in [-0.25, -0.2) is 0 Å². The number of aliphatic carboxylic acids is 1. The zero-order valence-electron chi connectivity index (χ0n) is 11.0. The van der Waals surface area contributed by atoms with Crippen molar-refractivity contribution in [2.75, 3.05) is 18.0 Å². The van der Waals surface area contributed by atoms with E-state index in [0.29, 0.717) is 6.54 Å². The number of phenolic OH excluding ortho intramolecular Hbond substituents is 1. The number of carboxylic acid groups (broad SMARTS) is 1. The molecule has 0 unspecified atom stereocenters.